The van der Waals surface area contributed by atoms with Gasteiger partial charge in [0, 0.05) is 42.7 Å². The minimum Gasteiger partial charge on any atom is -0.501 e. The van der Waals surface area contributed by atoms with Gasteiger partial charge in [0.1, 0.15) is 29.7 Å². The number of nitriles is 1. The van der Waals surface area contributed by atoms with E-state index in [0.29, 0.717) is 11.1 Å². The summed E-state index contributed by atoms with van der Waals surface area (Å²) in [5.41, 5.74) is -0.405. The Morgan fingerprint density at radius 2 is 2.08 bits per heavy atom. The van der Waals surface area contributed by atoms with Crippen LogP contribution in [0.4, 0.5) is 10.1 Å². The number of halogens is 2. The van der Waals surface area contributed by atoms with Crippen molar-refractivity contribution in [2.24, 2.45) is 14.1 Å². The zero-order valence-electron chi connectivity index (χ0n) is 19.2. The molecule has 184 valence electrons. The molecule has 0 radical (unpaired) electrons. The standard InChI is InChI=1S/C23H19ClFN7O4/c1-11(18(14-6-12(25)4-5-16(14)24)15-9-31(2)30-17(15)7-26)21-29-19(20(33)23(35)32(21)3)22(34)28-13-8-27-36-10-13/h4-6,8-11,18,33H,1-3H3,(H,28,34)/t11-,18-/m0/s1. The van der Waals surface area contributed by atoms with Crippen LogP contribution in [0.2, 0.25) is 5.02 Å². The topological polar surface area (TPSA) is 152 Å². The molecule has 2 N–H and O–H groups in total. The van der Waals surface area contributed by atoms with Crippen molar-refractivity contribution in [2.45, 2.75) is 18.8 Å². The van der Waals surface area contributed by atoms with Crippen LogP contribution < -0.4 is 10.9 Å². The number of rotatable bonds is 6. The van der Waals surface area contributed by atoms with Crippen molar-refractivity contribution >= 4 is 23.2 Å². The predicted molar refractivity (Wildman–Crippen MR) is 125 cm³/mol. The van der Waals surface area contributed by atoms with Crippen LogP contribution in [0.25, 0.3) is 0 Å². The van der Waals surface area contributed by atoms with E-state index in [9.17, 15) is 24.3 Å². The number of amides is 1. The highest BCUT2D eigenvalue weighted by Gasteiger charge is 2.33. The molecule has 4 rings (SSSR count). The van der Waals surface area contributed by atoms with Crippen LogP contribution >= 0.6 is 11.6 Å². The second kappa shape index (κ2) is 9.63. The average molecular weight is 512 g/mol. The highest BCUT2D eigenvalue weighted by Crippen LogP contribution is 2.42. The number of aromatic hydroxyl groups is 1. The van der Waals surface area contributed by atoms with E-state index >= 15 is 0 Å². The Bertz CT molecular complexity index is 1550. The number of hydrogen-bond acceptors (Lipinski definition) is 8. The Kier molecular flexibility index (Phi) is 6.59. The fraction of sp³-hybridized carbons (Fsp3) is 0.217. The van der Waals surface area contributed by atoms with Gasteiger partial charge in [0.05, 0.1) is 6.20 Å². The van der Waals surface area contributed by atoms with Gasteiger partial charge in [-0.05, 0) is 23.8 Å². The number of benzene rings is 1. The molecule has 0 spiro atoms. The molecule has 13 heteroatoms. The number of hydrogen-bond donors (Lipinski definition) is 2. The third-order valence-electron chi connectivity index (χ3n) is 5.71. The first kappa shape index (κ1) is 24.6. The van der Waals surface area contributed by atoms with Crippen molar-refractivity contribution < 1.29 is 18.8 Å². The summed E-state index contributed by atoms with van der Waals surface area (Å²) >= 11 is 6.45. The van der Waals surface area contributed by atoms with Gasteiger partial charge in [-0.15, -0.1) is 0 Å². The summed E-state index contributed by atoms with van der Waals surface area (Å²) in [7, 11) is 3.00. The summed E-state index contributed by atoms with van der Waals surface area (Å²) in [6, 6.07) is 5.83. The SMILES string of the molecule is C[C@H](c1nc(C(=O)Nc2cnoc2)c(O)c(=O)n1C)[C@@H](c1cc(F)ccc1Cl)c1cn(C)nc1C#N. The van der Waals surface area contributed by atoms with E-state index in [2.05, 4.69) is 25.1 Å². The van der Waals surface area contributed by atoms with Crippen molar-refractivity contribution in [1.82, 2.24) is 24.5 Å². The van der Waals surface area contributed by atoms with E-state index in [1.807, 2.05) is 6.07 Å². The number of anilines is 1. The van der Waals surface area contributed by atoms with Crippen LogP contribution in [-0.4, -0.2) is 35.5 Å². The molecule has 0 aliphatic carbocycles. The molecule has 0 saturated heterocycles. The van der Waals surface area contributed by atoms with Gasteiger partial charge in [-0.25, -0.2) is 9.37 Å². The highest BCUT2D eigenvalue weighted by atomic mass is 35.5. The Hall–Kier alpha value is -4.50. The molecule has 0 saturated carbocycles. The average Bonchev–Trinajstić information content (AvgIpc) is 3.49. The summed E-state index contributed by atoms with van der Waals surface area (Å²) in [6.07, 6.45) is 3.99. The zero-order valence-corrected chi connectivity index (χ0v) is 20.0. The lowest BCUT2D eigenvalue weighted by Gasteiger charge is -2.26. The van der Waals surface area contributed by atoms with Crippen LogP contribution in [0, 0.1) is 17.1 Å². The molecule has 0 bridgehead atoms. The summed E-state index contributed by atoms with van der Waals surface area (Å²) < 4.78 is 21.5. The molecule has 4 aromatic rings. The molecule has 0 unspecified atom stereocenters. The van der Waals surface area contributed by atoms with E-state index in [-0.39, 0.29) is 22.2 Å². The molecule has 3 heterocycles. The highest BCUT2D eigenvalue weighted by molar-refractivity contribution is 6.31. The molecular weight excluding hydrogens is 493 g/mol. The summed E-state index contributed by atoms with van der Waals surface area (Å²) in [6.45, 7) is 1.68. The molecule has 0 fully saturated rings. The largest absolute Gasteiger partial charge is 0.501 e. The lowest BCUT2D eigenvalue weighted by atomic mass is 9.81. The fourth-order valence-electron chi connectivity index (χ4n) is 4.06. The van der Waals surface area contributed by atoms with Crippen molar-refractivity contribution in [2.75, 3.05) is 5.32 Å². The van der Waals surface area contributed by atoms with Gasteiger partial charge in [-0.3, -0.25) is 18.8 Å². The van der Waals surface area contributed by atoms with Crippen molar-refractivity contribution in [3.05, 3.63) is 86.4 Å². The van der Waals surface area contributed by atoms with Crippen molar-refractivity contribution in [1.29, 1.82) is 5.26 Å². The summed E-state index contributed by atoms with van der Waals surface area (Å²) in [4.78, 5) is 30.0. The van der Waals surface area contributed by atoms with Gasteiger partial charge in [-0.1, -0.05) is 23.7 Å². The van der Waals surface area contributed by atoms with Gasteiger partial charge < -0.3 is 14.9 Å². The minimum absolute atomic E-state index is 0.0730. The van der Waals surface area contributed by atoms with E-state index in [0.717, 1.165) is 10.8 Å². The number of nitrogens with one attached hydrogen (secondary N) is 1. The maximum Gasteiger partial charge on any atom is 0.296 e. The van der Waals surface area contributed by atoms with E-state index in [1.165, 1.54) is 36.1 Å². The number of aromatic nitrogens is 5. The Balaban J connectivity index is 1.90. The summed E-state index contributed by atoms with van der Waals surface area (Å²) in [5.74, 6) is -3.76. The fourth-order valence-corrected chi connectivity index (χ4v) is 4.29. The lowest BCUT2D eigenvalue weighted by Crippen LogP contribution is -2.29. The molecule has 0 aliphatic rings. The van der Waals surface area contributed by atoms with Crippen molar-refractivity contribution in [3.8, 4) is 11.8 Å². The predicted octanol–water partition coefficient (Wildman–Crippen LogP) is 3.06. The minimum atomic E-state index is -0.877. The van der Waals surface area contributed by atoms with Crippen LogP contribution in [0.3, 0.4) is 0 Å². The van der Waals surface area contributed by atoms with Gasteiger partial charge in [0.15, 0.2) is 11.4 Å². The van der Waals surface area contributed by atoms with Gasteiger partial charge in [-0.2, -0.15) is 10.4 Å². The van der Waals surface area contributed by atoms with Gasteiger partial charge >= 0.3 is 0 Å². The second-order valence-corrected chi connectivity index (χ2v) is 8.46. The zero-order chi connectivity index (χ0) is 26.1. The molecule has 3 aromatic heterocycles. The van der Waals surface area contributed by atoms with Crippen LogP contribution in [0.5, 0.6) is 5.75 Å². The quantitative estimate of drug-likeness (QED) is 0.400. The molecule has 0 aliphatic heterocycles. The Morgan fingerprint density at radius 3 is 2.75 bits per heavy atom. The number of carbonyl (C=O) groups excluding carboxylic acids is 1. The maximum atomic E-state index is 14.3. The molecule has 2 atom stereocenters. The molecule has 1 aromatic carbocycles. The number of carbonyl (C=O) groups is 1. The number of nitrogens with zero attached hydrogens (tertiary/aromatic N) is 6. The van der Waals surface area contributed by atoms with Crippen LogP contribution in [0.1, 0.15) is 51.9 Å². The van der Waals surface area contributed by atoms with E-state index < -0.39 is 40.6 Å². The first-order chi connectivity index (χ1) is 17.1. The normalized spacial score (nSPS) is 12.7. The molecular formula is C23H19ClFN7O4. The first-order valence-corrected chi connectivity index (χ1v) is 10.9. The smallest absolute Gasteiger partial charge is 0.296 e. The Morgan fingerprint density at radius 1 is 1.33 bits per heavy atom. The van der Waals surface area contributed by atoms with Crippen LogP contribution in [-0.2, 0) is 14.1 Å². The van der Waals surface area contributed by atoms with Crippen LogP contribution in [0.15, 0.2) is 46.2 Å². The summed E-state index contributed by atoms with van der Waals surface area (Å²) in [5, 5.41) is 30.4. The van der Waals surface area contributed by atoms with Crippen molar-refractivity contribution in [3.63, 3.8) is 0 Å². The maximum absolute atomic E-state index is 14.3. The monoisotopic (exact) mass is 511 g/mol. The van der Waals surface area contributed by atoms with E-state index in [4.69, 9.17) is 11.6 Å². The Labute approximate surface area is 208 Å². The second-order valence-electron chi connectivity index (χ2n) is 8.05. The number of aryl methyl sites for hydroxylation is 1. The third kappa shape index (κ3) is 4.44. The lowest BCUT2D eigenvalue weighted by molar-refractivity contribution is 0.101. The van der Waals surface area contributed by atoms with E-state index in [1.54, 1.807) is 20.2 Å². The third-order valence-corrected chi connectivity index (χ3v) is 6.05. The first-order valence-electron chi connectivity index (χ1n) is 10.5. The van der Waals surface area contributed by atoms with Gasteiger partial charge in [0.2, 0.25) is 5.75 Å². The molecule has 11 nitrogen and oxygen atoms in total. The molecule has 36 heavy (non-hydrogen) atoms. The molecule has 1 amide bonds. The van der Waals surface area contributed by atoms with Gasteiger partial charge in [0.25, 0.3) is 11.5 Å².